The number of carbonyl (C=O) groups excluding carboxylic acids is 1. The highest BCUT2D eigenvalue weighted by Crippen LogP contribution is 2.28. The van der Waals surface area contributed by atoms with Crippen molar-refractivity contribution in [2.45, 2.75) is 37.8 Å². The fourth-order valence-corrected chi connectivity index (χ4v) is 5.30. The number of benzene rings is 2. The lowest BCUT2D eigenvalue weighted by Gasteiger charge is -2.30. The smallest absolute Gasteiger partial charge is 0.337 e. The molecule has 2 aromatic carbocycles. The maximum atomic E-state index is 14.1. The standard InChI is InChI=1S/C28H22F3N5O3/c29-17-12-21-25(33-14-17)35(20-6-7-22(30)23(31)13-20)28(39)36(27(21)38)19-4-2-18(3-5-19)34-26(37)16-1-8-24-15(11-16)9-10-32-24/h1,6-14,18-19,32H,2-5H2,(H,34,37). The van der Waals surface area contributed by atoms with Gasteiger partial charge in [0.1, 0.15) is 5.82 Å². The molecule has 0 atom stereocenters. The molecule has 2 N–H and O–H groups in total. The molecule has 0 aliphatic heterocycles. The normalized spacial score (nSPS) is 17.5. The van der Waals surface area contributed by atoms with Gasteiger partial charge in [0.2, 0.25) is 0 Å². The van der Waals surface area contributed by atoms with Gasteiger partial charge in [0.05, 0.1) is 17.3 Å². The minimum absolute atomic E-state index is 0.0444. The zero-order valence-corrected chi connectivity index (χ0v) is 20.5. The summed E-state index contributed by atoms with van der Waals surface area (Å²) >= 11 is 0. The Labute approximate surface area is 218 Å². The van der Waals surface area contributed by atoms with Crippen LogP contribution in [0.25, 0.3) is 27.6 Å². The first-order valence-corrected chi connectivity index (χ1v) is 12.5. The summed E-state index contributed by atoms with van der Waals surface area (Å²) in [6.07, 6.45) is 4.43. The molecule has 11 heteroatoms. The fraction of sp³-hybridized carbons (Fsp3) is 0.214. The first-order chi connectivity index (χ1) is 18.8. The second kappa shape index (κ2) is 9.57. The number of nitrogens with zero attached hydrogens (tertiary/aromatic N) is 3. The summed E-state index contributed by atoms with van der Waals surface area (Å²) in [5, 5.41) is 3.79. The molecule has 0 saturated heterocycles. The molecular formula is C28H22F3N5O3. The molecule has 8 nitrogen and oxygen atoms in total. The maximum absolute atomic E-state index is 14.1. The van der Waals surface area contributed by atoms with E-state index in [1.54, 1.807) is 18.3 Å². The van der Waals surface area contributed by atoms with Crippen molar-refractivity contribution in [3.8, 4) is 5.69 Å². The van der Waals surface area contributed by atoms with Gasteiger partial charge in [0.15, 0.2) is 17.3 Å². The minimum Gasteiger partial charge on any atom is -0.361 e. The van der Waals surface area contributed by atoms with E-state index in [1.165, 1.54) is 6.07 Å². The lowest BCUT2D eigenvalue weighted by Crippen LogP contribution is -2.45. The molecule has 39 heavy (non-hydrogen) atoms. The van der Waals surface area contributed by atoms with E-state index in [-0.39, 0.29) is 28.7 Å². The Bertz CT molecular complexity index is 1870. The number of nitrogens with one attached hydrogen (secondary N) is 2. The van der Waals surface area contributed by atoms with Crippen molar-refractivity contribution in [2.24, 2.45) is 0 Å². The number of amides is 1. The summed E-state index contributed by atoms with van der Waals surface area (Å²) < 4.78 is 43.7. The highest BCUT2D eigenvalue weighted by Gasteiger charge is 2.28. The number of halogens is 3. The summed E-state index contributed by atoms with van der Waals surface area (Å²) in [5.41, 5.74) is -0.250. The zero-order chi connectivity index (χ0) is 27.3. The Morgan fingerprint density at radius 3 is 2.51 bits per heavy atom. The molecule has 198 valence electrons. The van der Waals surface area contributed by atoms with E-state index in [0.717, 1.165) is 44.4 Å². The van der Waals surface area contributed by atoms with Gasteiger partial charge in [0.25, 0.3) is 11.5 Å². The van der Waals surface area contributed by atoms with Crippen molar-refractivity contribution in [2.75, 3.05) is 0 Å². The van der Waals surface area contributed by atoms with Gasteiger partial charge in [-0.05, 0) is 68.1 Å². The van der Waals surface area contributed by atoms with Crippen molar-refractivity contribution >= 4 is 27.8 Å². The van der Waals surface area contributed by atoms with Gasteiger partial charge in [-0.15, -0.1) is 0 Å². The quantitative estimate of drug-likeness (QED) is 0.359. The number of rotatable bonds is 4. The van der Waals surface area contributed by atoms with Crippen LogP contribution in [0.5, 0.6) is 0 Å². The Kier molecular flexibility index (Phi) is 6.05. The Morgan fingerprint density at radius 2 is 1.74 bits per heavy atom. The number of aromatic nitrogens is 4. The first kappa shape index (κ1) is 24.7. The molecule has 0 bridgehead atoms. The largest absolute Gasteiger partial charge is 0.361 e. The zero-order valence-electron chi connectivity index (χ0n) is 20.5. The summed E-state index contributed by atoms with van der Waals surface area (Å²) in [6.45, 7) is 0. The van der Waals surface area contributed by atoms with Crippen LogP contribution in [0.15, 0.2) is 70.5 Å². The molecule has 1 fully saturated rings. The molecule has 3 aromatic heterocycles. The average molecular weight is 534 g/mol. The number of hydrogen-bond donors (Lipinski definition) is 2. The SMILES string of the molecule is O=C(NC1CCC(n2c(=O)c3cc(F)cnc3n(-c3ccc(F)c(F)c3)c2=O)CC1)c1ccc2[nH]ccc2c1. The fourth-order valence-electron chi connectivity index (χ4n) is 5.30. The molecule has 3 heterocycles. The van der Waals surface area contributed by atoms with Crippen LogP contribution in [0.4, 0.5) is 13.2 Å². The summed E-state index contributed by atoms with van der Waals surface area (Å²) in [4.78, 5) is 46.8. The molecule has 0 spiro atoms. The third kappa shape index (κ3) is 4.39. The Hall–Kier alpha value is -4.67. The maximum Gasteiger partial charge on any atom is 0.337 e. The van der Waals surface area contributed by atoms with Crippen LogP contribution in [-0.2, 0) is 0 Å². The van der Waals surface area contributed by atoms with Gasteiger partial charge < -0.3 is 10.3 Å². The number of fused-ring (bicyclic) bond motifs is 2. The van der Waals surface area contributed by atoms with E-state index in [0.29, 0.717) is 31.2 Å². The number of H-pyrrole nitrogens is 1. The van der Waals surface area contributed by atoms with Gasteiger partial charge in [0, 0.05) is 40.8 Å². The van der Waals surface area contributed by atoms with Crippen LogP contribution in [0.1, 0.15) is 42.1 Å². The van der Waals surface area contributed by atoms with Gasteiger partial charge in [-0.3, -0.25) is 14.2 Å². The third-order valence-corrected chi connectivity index (χ3v) is 7.27. The van der Waals surface area contributed by atoms with Crippen molar-refractivity contribution in [3.05, 3.63) is 105 Å². The first-order valence-electron chi connectivity index (χ1n) is 12.5. The topological polar surface area (TPSA) is 102 Å². The van der Waals surface area contributed by atoms with E-state index < -0.39 is 34.7 Å². The third-order valence-electron chi connectivity index (χ3n) is 7.27. The Balaban J connectivity index is 1.30. The van der Waals surface area contributed by atoms with Gasteiger partial charge >= 0.3 is 5.69 Å². The highest BCUT2D eigenvalue weighted by atomic mass is 19.2. The molecule has 5 aromatic rings. The van der Waals surface area contributed by atoms with E-state index >= 15 is 0 Å². The second-order valence-electron chi connectivity index (χ2n) is 9.67. The summed E-state index contributed by atoms with van der Waals surface area (Å²) in [7, 11) is 0. The molecule has 6 rings (SSSR count). The van der Waals surface area contributed by atoms with Gasteiger partial charge in [-0.1, -0.05) is 0 Å². The number of aromatic amines is 1. The lowest BCUT2D eigenvalue weighted by molar-refractivity contribution is 0.0922. The van der Waals surface area contributed by atoms with Crippen molar-refractivity contribution < 1.29 is 18.0 Å². The Morgan fingerprint density at radius 1 is 0.949 bits per heavy atom. The van der Waals surface area contributed by atoms with E-state index in [2.05, 4.69) is 15.3 Å². The van der Waals surface area contributed by atoms with Crippen LogP contribution < -0.4 is 16.6 Å². The van der Waals surface area contributed by atoms with Crippen LogP contribution >= 0.6 is 0 Å². The molecule has 1 aliphatic carbocycles. The molecule has 1 amide bonds. The number of pyridine rings is 1. The number of hydrogen-bond acceptors (Lipinski definition) is 4. The van der Waals surface area contributed by atoms with E-state index in [4.69, 9.17) is 0 Å². The van der Waals surface area contributed by atoms with Crippen LogP contribution in [-0.4, -0.2) is 31.1 Å². The van der Waals surface area contributed by atoms with Crippen molar-refractivity contribution in [1.29, 1.82) is 0 Å². The monoisotopic (exact) mass is 533 g/mol. The molecule has 0 unspecified atom stereocenters. The lowest BCUT2D eigenvalue weighted by atomic mass is 9.90. The van der Waals surface area contributed by atoms with Crippen LogP contribution in [0.2, 0.25) is 0 Å². The predicted octanol–water partition coefficient (Wildman–Crippen LogP) is 4.36. The second-order valence-corrected chi connectivity index (χ2v) is 9.67. The van der Waals surface area contributed by atoms with Crippen molar-refractivity contribution in [1.82, 2.24) is 24.4 Å². The van der Waals surface area contributed by atoms with Crippen LogP contribution in [0.3, 0.4) is 0 Å². The highest BCUT2D eigenvalue weighted by molar-refractivity contribution is 5.98. The van der Waals surface area contributed by atoms with Crippen LogP contribution in [0, 0.1) is 17.5 Å². The molecule has 1 saturated carbocycles. The van der Waals surface area contributed by atoms with Gasteiger partial charge in [-0.2, -0.15) is 0 Å². The minimum atomic E-state index is -1.18. The van der Waals surface area contributed by atoms with E-state index in [1.807, 2.05) is 12.1 Å². The number of carbonyl (C=O) groups is 1. The predicted molar refractivity (Wildman–Crippen MR) is 139 cm³/mol. The molecule has 0 radical (unpaired) electrons. The summed E-state index contributed by atoms with van der Waals surface area (Å²) in [5.74, 6) is -3.27. The average Bonchev–Trinajstić information content (AvgIpc) is 3.40. The summed E-state index contributed by atoms with van der Waals surface area (Å²) in [6, 6.07) is 10.4. The van der Waals surface area contributed by atoms with Crippen molar-refractivity contribution in [3.63, 3.8) is 0 Å². The molecule has 1 aliphatic rings. The van der Waals surface area contributed by atoms with Gasteiger partial charge in [-0.25, -0.2) is 27.5 Å². The van der Waals surface area contributed by atoms with E-state index in [9.17, 15) is 27.6 Å². The molecular weight excluding hydrogens is 511 g/mol.